The lowest BCUT2D eigenvalue weighted by Crippen LogP contribution is -2.32. The summed E-state index contributed by atoms with van der Waals surface area (Å²) in [5.74, 6) is 0. The molecule has 2 amide bonds. The molecule has 3 aromatic rings. The van der Waals surface area contributed by atoms with Crippen molar-refractivity contribution in [3.05, 3.63) is 89.5 Å². The van der Waals surface area contributed by atoms with E-state index in [4.69, 9.17) is 0 Å². The molecule has 5 nitrogen and oxygen atoms in total. The average molecular weight is 416 g/mol. The second kappa shape index (κ2) is 9.77. The van der Waals surface area contributed by atoms with Gasteiger partial charge in [0.2, 0.25) is 0 Å². The van der Waals surface area contributed by atoms with Gasteiger partial charge in [0, 0.05) is 18.8 Å². The maximum Gasteiger partial charge on any atom is 0.319 e. The second-order valence-electron chi connectivity index (χ2n) is 8.16. The number of carbonyl (C=O) groups is 1. The van der Waals surface area contributed by atoms with Gasteiger partial charge in [0.1, 0.15) is 0 Å². The molecule has 0 fully saturated rings. The highest BCUT2D eigenvalue weighted by Crippen LogP contribution is 2.23. The molecule has 3 N–H and O–H groups in total. The molecule has 1 atom stereocenters. The molecule has 0 aromatic heterocycles. The molecule has 1 heterocycles. The molecule has 1 unspecified atom stereocenters. The van der Waals surface area contributed by atoms with Crippen LogP contribution in [-0.2, 0) is 13.0 Å². The first-order valence-electron chi connectivity index (χ1n) is 10.8. The summed E-state index contributed by atoms with van der Waals surface area (Å²) in [4.78, 5) is 14.6. The Bertz CT molecular complexity index is 1020. The zero-order valence-corrected chi connectivity index (χ0v) is 17.8. The number of aliphatic hydroxyl groups is 1. The van der Waals surface area contributed by atoms with Crippen LogP contribution in [0, 0.1) is 0 Å². The van der Waals surface area contributed by atoms with Gasteiger partial charge in [-0.2, -0.15) is 0 Å². The van der Waals surface area contributed by atoms with Gasteiger partial charge in [-0.1, -0.05) is 60.7 Å². The minimum absolute atomic E-state index is 0.143. The van der Waals surface area contributed by atoms with Gasteiger partial charge in [-0.05, 0) is 66.4 Å². The minimum atomic E-state index is -0.767. The van der Waals surface area contributed by atoms with Crippen LogP contribution < -0.4 is 10.6 Å². The van der Waals surface area contributed by atoms with Crippen molar-refractivity contribution in [3.8, 4) is 11.1 Å². The van der Waals surface area contributed by atoms with Crippen molar-refractivity contribution in [3.63, 3.8) is 0 Å². The van der Waals surface area contributed by atoms with Crippen molar-refractivity contribution in [1.29, 1.82) is 0 Å². The summed E-state index contributed by atoms with van der Waals surface area (Å²) in [6.45, 7) is 2.12. The number of anilines is 1. The lowest BCUT2D eigenvalue weighted by Gasteiger charge is -2.16. The highest BCUT2D eigenvalue weighted by Gasteiger charge is 2.14. The molecule has 160 valence electrons. The Labute approximate surface area is 183 Å². The van der Waals surface area contributed by atoms with E-state index >= 15 is 0 Å². The number of amides is 2. The molecular formula is C26H29N3O2. The highest BCUT2D eigenvalue weighted by molar-refractivity contribution is 5.89. The lowest BCUT2D eigenvalue weighted by atomic mass is 10.0. The van der Waals surface area contributed by atoms with E-state index in [1.165, 1.54) is 11.1 Å². The summed E-state index contributed by atoms with van der Waals surface area (Å²) in [7, 11) is 2.12. The van der Waals surface area contributed by atoms with Crippen molar-refractivity contribution in [2.24, 2.45) is 0 Å². The molecule has 5 heteroatoms. The Morgan fingerprint density at radius 1 is 1.00 bits per heavy atom. The summed E-state index contributed by atoms with van der Waals surface area (Å²) in [5, 5.41) is 16.1. The van der Waals surface area contributed by atoms with Crippen LogP contribution in [0.15, 0.2) is 72.8 Å². The molecular weight excluding hydrogens is 386 g/mol. The topological polar surface area (TPSA) is 64.6 Å². The van der Waals surface area contributed by atoms with Crippen LogP contribution >= 0.6 is 0 Å². The van der Waals surface area contributed by atoms with Crippen LogP contribution in [0.5, 0.6) is 0 Å². The number of fused-ring (bicyclic) bond motifs is 1. The third-order valence-corrected chi connectivity index (χ3v) is 5.75. The van der Waals surface area contributed by atoms with Crippen molar-refractivity contribution in [2.75, 3.05) is 25.5 Å². The van der Waals surface area contributed by atoms with Gasteiger partial charge in [0.05, 0.1) is 6.10 Å². The predicted molar refractivity (Wildman–Crippen MR) is 125 cm³/mol. The van der Waals surface area contributed by atoms with Crippen LogP contribution in [0.2, 0.25) is 0 Å². The molecule has 4 rings (SSSR count). The van der Waals surface area contributed by atoms with Gasteiger partial charge in [-0.15, -0.1) is 0 Å². The van der Waals surface area contributed by atoms with Gasteiger partial charge >= 0.3 is 6.03 Å². The van der Waals surface area contributed by atoms with E-state index in [0.29, 0.717) is 0 Å². The van der Waals surface area contributed by atoms with E-state index in [-0.39, 0.29) is 12.6 Å². The van der Waals surface area contributed by atoms with Gasteiger partial charge in [0.25, 0.3) is 0 Å². The first-order valence-corrected chi connectivity index (χ1v) is 10.8. The first kappa shape index (κ1) is 21.1. The maximum absolute atomic E-state index is 12.3. The van der Waals surface area contributed by atoms with Crippen LogP contribution in [0.25, 0.3) is 11.1 Å². The third-order valence-electron chi connectivity index (χ3n) is 5.75. The Hall–Kier alpha value is -3.15. The number of rotatable bonds is 5. The normalized spacial score (nSPS) is 14.9. The van der Waals surface area contributed by atoms with Crippen LogP contribution in [0.1, 0.15) is 29.2 Å². The fourth-order valence-corrected chi connectivity index (χ4v) is 4.01. The largest absolute Gasteiger partial charge is 0.387 e. The van der Waals surface area contributed by atoms with Crippen molar-refractivity contribution in [1.82, 2.24) is 10.2 Å². The zero-order valence-electron chi connectivity index (χ0n) is 17.8. The number of hydrogen-bond donors (Lipinski definition) is 3. The number of aryl methyl sites for hydroxylation is 1. The average Bonchev–Trinajstić information content (AvgIpc) is 2.98. The van der Waals surface area contributed by atoms with E-state index in [1.54, 1.807) is 0 Å². The summed E-state index contributed by atoms with van der Waals surface area (Å²) in [5.41, 5.74) is 6.38. The third kappa shape index (κ3) is 5.51. The van der Waals surface area contributed by atoms with Gasteiger partial charge in [0.15, 0.2) is 0 Å². The van der Waals surface area contributed by atoms with E-state index in [0.717, 1.165) is 48.3 Å². The summed E-state index contributed by atoms with van der Waals surface area (Å²) in [6.07, 6.45) is 1.46. The standard InChI is InChI=1S/C26H29N3O2/c1-29-15-5-8-20-13-14-24(16-23(20)18-29)28-26(31)27-17-25(30)22-11-9-21(10-12-22)19-6-3-2-4-7-19/h2-4,6-7,9-14,16,25,30H,5,8,15,17-18H2,1H3,(H2,27,28,31). The van der Waals surface area contributed by atoms with Crippen molar-refractivity contribution in [2.45, 2.75) is 25.5 Å². The van der Waals surface area contributed by atoms with Crippen molar-refractivity contribution < 1.29 is 9.90 Å². The zero-order chi connectivity index (χ0) is 21.6. The number of nitrogens with zero attached hydrogens (tertiary/aromatic N) is 1. The summed E-state index contributed by atoms with van der Waals surface area (Å²) < 4.78 is 0. The Morgan fingerprint density at radius 2 is 1.74 bits per heavy atom. The van der Waals surface area contributed by atoms with Gasteiger partial charge in [-0.3, -0.25) is 0 Å². The minimum Gasteiger partial charge on any atom is -0.387 e. The maximum atomic E-state index is 12.3. The van der Waals surface area contributed by atoms with Gasteiger partial charge in [-0.25, -0.2) is 4.79 Å². The number of carbonyl (C=O) groups excluding carboxylic acids is 1. The SMILES string of the molecule is CN1CCCc2ccc(NC(=O)NCC(O)c3ccc(-c4ccccc4)cc3)cc2C1. The molecule has 0 radical (unpaired) electrons. The van der Waals surface area contributed by atoms with Gasteiger partial charge < -0.3 is 20.6 Å². The molecule has 1 aliphatic heterocycles. The van der Waals surface area contributed by atoms with Crippen molar-refractivity contribution >= 4 is 11.7 Å². The molecule has 0 saturated carbocycles. The number of aliphatic hydroxyl groups excluding tert-OH is 1. The molecule has 0 aliphatic carbocycles. The smallest absolute Gasteiger partial charge is 0.319 e. The fourth-order valence-electron chi connectivity index (χ4n) is 4.01. The summed E-state index contributed by atoms with van der Waals surface area (Å²) in [6, 6.07) is 23.7. The first-order chi connectivity index (χ1) is 15.1. The summed E-state index contributed by atoms with van der Waals surface area (Å²) >= 11 is 0. The monoisotopic (exact) mass is 415 g/mol. The molecule has 1 aliphatic rings. The number of benzene rings is 3. The predicted octanol–water partition coefficient (Wildman–Crippen LogP) is 4.59. The van der Waals surface area contributed by atoms with E-state index in [9.17, 15) is 9.90 Å². The Kier molecular flexibility index (Phi) is 6.65. The molecule has 0 spiro atoms. The van der Waals surface area contributed by atoms with Crippen LogP contribution in [0.4, 0.5) is 10.5 Å². The van der Waals surface area contributed by atoms with E-state index in [2.05, 4.69) is 46.8 Å². The number of hydrogen-bond acceptors (Lipinski definition) is 3. The molecule has 3 aromatic carbocycles. The number of nitrogens with one attached hydrogen (secondary N) is 2. The fraction of sp³-hybridized carbons (Fsp3) is 0.269. The molecule has 0 saturated heterocycles. The Balaban J connectivity index is 1.31. The van der Waals surface area contributed by atoms with E-state index in [1.807, 2.05) is 48.5 Å². The second-order valence-corrected chi connectivity index (χ2v) is 8.16. The highest BCUT2D eigenvalue weighted by atomic mass is 16.3. The quantitative estimate of drug-likeness (QED) is 0.571. The lowest BCUT2D eigenvalue weighted by molar-refractivity contribution is 0.175. The molecule has 0 bridgehead atoms. The van der Waals surface area contributed by atoms with Crippen LogP contribution in [-0.4, -0.2) is 36.2 Å². The number of urea groups is 1. The Morgan fingerprint density at radius 3 is 2.52 bits per heavy atom. The molecule has 31 heavy (non-hydrogen) atoms. The van der Waals surface area contributed by atoms with Crippen LogP contribution in [0.3, 0.4) is 0 Å². The van der Waals surface area contributed by atoms with E-state index < -0.39 is 6.10 Å².